The highest BCUT2D eigenvalue weighted by Gasteiger charge is 2.21. The number of aryl methyl sites for hydroxylation is 2. The van der Waals surface area contributed by atoms with Crippen LogP contribution in [0.3, 0.4) is 0 Å². The molecule has 0 aliphatic carbocycles. The Hall–Kier alpha value is -1.50. The third-order valence-electron chi connectivity index (χ3n) is 3.29. The fourth-order valence-corrected chi connectivity index (χ4v) is 3.10. The van der Waals surface area contributed by atoms with E-state index in [1.807, 2.05) is 19.1 Å². The molecule has 0 fully saturated rings. The van der Waals surface area contributed by atoms with E-state index >= 15 is 0 Å². The van der Waals surface area contributed by atoms with Crippen LogP contribution >= 0.6 is 23.4 Å². The second-order valence-electron chi connectivity index (χ2n) is 5.09. The highest BCUT2D eigenvalue weighted by atomic mass is 35.5. The van der Waals surface area contributed by atoms with Crippen LogP contribution in [-0.2, 0) is 24.0 Å². The summed E-state index contributed by atoms with van der Waals surface area (Å²) in [4.78, 5) is 12.1. The number of rotatable bonds is 6. The summed E-state index contributed by atoms with van der Waals surface area (Å²) in [5.74, 6) is -0.428. The minimum atomic E-state index is -1.04. The highest BCUT2D eigenvalue weighted by molar-refractivity contribution is 7.98. The lowest BCUT2D eigenvalue weighted by Crippen LogP contribution is -2.32. The molecule has 0 bridgehead atoms. The minimum Gasteiger partial charge on any atom is -0.480 e. The molecular weight excluding hydrogens is 322 g/mol. The van der Waals surface area contributed by atoms with Crippen LogP contribution < -0.4 is 5.73 Å². The Bertz CT molecular complexity index is 670. The van der Waals surface area contributed by atoms with Crippen molar-refractivity contribution in [2.24, 2.45) is 12.8 Å². The van der Waals surface area contributed by atoms with Crippen molar-refractivity contribution in [1.29, 1.82) is 0 Å². The molecule has 0 saturated heterocycles. The van der Waals surface area contributed by atoms with Crippen LogP contribution in [0.5, 0.6) is 0 Å². The SMILES string of the molecule is Cc1ccc(SCc2nn(C)c(Cl)c2CC(N)C(=O)O)cc1. The zero-order valence-electron chi connectivity index (χ0n) is 12.4. The van der Waals surface area contributed by atoms with Crippen LogP contribution in [0.2, 0.25) is 5.15 Å². The molecule has 3 N–H and O–H groups in total. The molecule has 1 aromatic heterocycles. The number of nitrogens with two attached hydrogens (primary N) is 1. The predicted molar refractivity (Wildman–Crippen MR) is 88.3 cm³/mol. The maximum absolute atomic E-state index is 10.9. The molecule has 5 nitrogen and oxygen atoms in total. The highest BCUT2D eigenvalue weighted by Crippen LogP contribution is 2.28. The second-order valence-corrected chi connectivity index (χ2v) is 6.50. The molecule has 7 heteroatoms. The molecule has 2 aromatic rings. The summed E-state index contributed by atoms with van der Waals surface area (Å²) in [5, 5.41) is 13.8. The van der Waals surface area contributed by atoms with E-state index in [0.717, 1.165) is 10.6 Å². The maximum atomic E-state index is 10.9. The minimum absolute atomic E-state index is 0.172. The average Bonchev–Trinajstić information content (AvgIpc) is 2.74. The van der Waals surface area contributed by atoms with Gasteiger partial charge in [-0.2, -0.15) is 5.10 Å². The third kappa shape index (κ3) is 4.03. The van der Waals surface area contributed by atoms with Crippen LogP contribution in [0, 0.1) is 6.92 Å². The van der Waals surface area contributed by atoms with E-state index in [-0.39, 0.29) is 6.42 Å². The van der Waals surface area contributed by atoms with Crippen LogP contribution in [-0.4, -0.2) is 26.9 Å². The van der Waals surface area contributed by atoms with Crippen molar-refractivity contribution in [3.63, 3.8) is 0 Å². The van der Waals surface area contributed by atoms with Crippen molar-refractivity contribution in [2.75, 3.05) is 0 Å². The zero-order chi connectivity index (χ0) is 16.3. The van der Waals surface area contributed by atoms with Crippen LogP contribution in [0.4, 0.5) is 0 Å². The van der Waals surface area contributed by atoms with E-state index in [1.165, 1.54) is 5.56 Å². The monoisotopic (exact) mass is 339 g/mol. The normalized spacial score (nSPS) is 12.4. The van der Waals surface area contributed by atoms with E-state index in [0.29, 0.717) is 16.5 Å². The number of halogens is 1. The maximum Gasteiger partial charge on any atom is 0.320 e. The zero-order valence-corrected chi connectivity index (χ0v) is 14.0. The summed E-state index contributed by atoms with van der Waals surface area (Å²) in [6.45, 7) is 2.04. The lowest BCUT2D eigenvalue weighted by Gasteiger charge is -2.07. The summed E-state index contributed by atoms with van der Waals surface area (Å²) in [6.07, 6.45) is 0.172. The first-order valence-electron chi connectivity index (χ1n) is 6.76. The summed E-state index contributed by atoms with van der Waals surface area (Å²) < 4.78 is 1.55. The van der Waals surface area contributed by atoms with Crippen LogP contribution in [0.25, 0.3) is 0 Å². The predicted octanol–water partition coefficient (Wildman–Crippen LogP) is 2.63. The first kappa shape index (κ1) is 16.9. The Morgan fingerprint density at radius 2 is 2.09 bits per heavy atom. The molecule has 0 aliphatic heterocycles. The van der Waals surface area contributed by atoms with Crippen molar-refractivity contribution in [2.45, 2.75) is 30.0 Å². The summed E-state index contributed by atoms with van der Waals surface area (Å²) in [5.41, 5.74) is 8.30. The van der Waals surface area contributed by atoms with E-state index in [9.17, 15) is 4.79 Å². The fraction of sp³-hybridized carbons (Fsp3) is 0.333. The molecule has 2 rings (SSSR count). The molecule has 1 aromatic carbocycles. The van der Waals surface area contributed by atoms with Gasteiger partial charge in [0.2, 0.25) is 0 Å². The van der Waals surface area contributed by atoms with Gasteiger partial charge in [0, 0.05) is 29.7 Å². The van der Waals surface area contributed by atoms with E-state index in [2.05, 4.69) is 17.2 Å². The van der Waals surface area contributed by atoms with E-state index < -0.39 is 12.0 Å². The van der Waals surface area contributed by atoms with Gasteiger partial charge >= 0.3 is 5.97 Å². The molecule has 0 spiro atoms. The average molecular weight is 340 g/mol. The first-order valence-corrected chi connectivity index (χ1v) is 8.13. The summed E-state index contributed by atoms with van der Waals surface area (Å²) in [6, 6.07) is 7.22. The van der Waals surface area contributed by atoms with Gasteiger partial charge in [-0.15, -0.1) is 11.8 Å². The first-order chi connectivity index (χ1) is 10.4. The van der Waals surface area contributed by atoms with Crippen molar-refractivity contribution in [3.8, 4) is 0 Å². The van der Waals surface area contributed by atoms with Gasteiger partial charge in [0.05, 0.1) is 5.69 Å². The number of thioether (sulfide) groups is 1. The standard InChI is InChI=1S/C15H18ClN3O2S/c1-9-3-5-10(6-4-9)22-8-13-11(7-12(17)15(20)21)14(16)19(2)18-13/h3-6,12H,7-8,17H2,1-2H3,(H,20,21). The molecule has 22 heavy (non-hydrogen) atoms. The molecule has 0 radical (unpaired) electrons. The summed E-state index contributed by atoms with van der Waals surface area (Å²) in [7, 11) is 1.73. The Kier molecular flexibility index (Phi) is 5.50. The lowest BCUT2D eigenvalue weighted by molar-refractivity contribution is -0.138. The Morgan fingerprint density at radius 1 is 1.45 bits per heavy atom. The largest absolute Gasteiger partial charge is 0.480 e. The van der Waals surface area contributed by atoms with Gasteiger partial charge < -0.3 is 10.8 Å². The molecule has 1 atom stereocenters. The summed E-state index contributed by atoms with van der Waals surface area (Å²) >= 11 is 7.84. The van der Waals surface area contributed by atoms with Crippen molar-refractivity contribution >= 4 is 29.3 Å². The Balaban J connectivity index is 2.14. The lowest BCUT2D eigenvalue weighted by atomic mass is 10.1. The van der Waals surface area contributed by atoms with Gasteiger partial charge in [-0.05, 0) is 19.1 Å². The topological polar surface area (TPSA) is 81.1 Å². The number of hydrogen-bond donors (Lipinski definition) is 2. The van der Waals surface area contributed by atoms with Crippen molar-refractivity contribution in [3.05, 3.63) is 46.2 Å². The fourth-order valence-electron chi connectivity index (χ4n) is 2.01. The van der Waals surface area contributed by atoms with Crippen molar-refractivity contribution in [1.82, 2.24) is 9.78 Å². The molecule has 0 aliphatic rings. The number of aliphatic carboxylic acids is 1. The number of carboxylic acids is 1. The number of benzene rings is 1. The van der Waals surface area contributed by atoms with Gasteiger partial charge in [0.25, 0.3) is 0 Å². The van der Waals surface area contributed by atoms with Crippen LogP contribution in [0.1, 0.15) is 16.8 Å². The molecular formula is C15H18ClN3O2S. The number of carbonyl (C=O) groups is 1. The van der Waals surface area contributed by atoms with E-state index in [1.54, 1.807) is 23.5 Å². The third-order valence-corrected chi connectivity index (χ3v) is 4.79. The van der Waals surface area contributed by atoms with Crippen molar-refractivity contribution < 1.29 is 9.90 Å². The Labute approximate surface area is 138 Å². The van der Waals surface area contributed by atoms with Gasteiger partial charge in [0.15, 0.2) is 0 Å². The number of hydrogen-bond acceptors (Lipinski definition) is 4. The quantitative estimate of drug-likeness (QED) is 0.791. The van der Waals surface area contributed by atoms with Gasteiger partial charge in [0.1, 0.15) is 11.2 Å². The number of nitrogens with zero attached hydrogens (tertiary/aromatic N) is 2. The molecule has 1 heterocycles. The second kappa shape index (κ2) is 7.17. The smallest absolute Gasteiger partial charge is 0.320 e. The Morgan fingerprint density at radius 3 is 2.68 bits per heavy atom. The van der Waals surface area contributed by atoms with Gasteiger partial charge in [-0.3, -0.25) is 9.48 Å². The number of carboxylic acid groups (broad SMARTS) is 1. The molecule has 0 amide bonds. The van der Waals surface area contributed by atoms with Gasteiger partial charge in [-0.25, -0.2) is 0 Å². The number of aromatic nitrogens is 2. The molecule has 0 saturated carbocycles. The van der Waals surface area contributed by atoms with Crippen LogP contribution in [0.15, 0.2) is 29.2 Å². The molecule has 1 unspecified atom stereocenters. The van der Waals surface area contributed by atoms with Gasteiger partial charge in [-0.1, -0.05) is 29.3 Å². The van der Waals surface area contributed by atoms with E-state index in [4.69, 9.17) is 22.4 Å². The molecule has 118 valence electrons.